The monoisotopic (exact) mass is 570 g/mol. The normalized spacial score (nSPS) is 25.2. The van der Waals surface area contributed by atoms with Crippen molar-refractivity contribution in [3.05, 3.63) is 48.2 Å². The zero-order chi connectivity index (χ0) is 27.5. The van der Waals surface area contributed by atoms with E-state index in [1.807, 2.05) is 6.92 Å². The summed E-state index contributed by atoms with van der Waals surface area (Å²) in [4.78, 5) is 49.1. The number of carbonyl (C=O) groups excluding carboxylic acids is 3. The Morgan fingerprint density at radius 1 is 1.21 bits per heavy atom. The molecule has 10 nitrogen and oxygen atoms in total. The molecule has 3 unspecified atom stereocenters. The van der Waals surface area contributed by atoms with Gasteiger partial charge in [0, 0.05) is 42.7 Å². The Balaban J connectivity index is 1.19. The molecule has 6 rings (SSSR count). The van der Waals surface area contributed by atoms with Gasteiger partial charge in [-0.1, -0.05) is 0 Å². The number of hydrogen-bond acceptors (Lipinski definition) is 7. The molecule has 1 aromatic carbocycles. The van der Waals surface area contributed by atoms with E-state index in [1.54, 1.807) is 41.6 Å². The lowest BCUT2D eigenvalue weighted by Crippen LogP contribution is -2.51. The number of fused-ring (bicyclic) bond motifs is 2. The second-order valence-electron chi connectivity index (χ2n) is 10.7. The summed E-state index contributed by atoms with van der Waals surface area (Å²) >= 11 is 12.3. The number of carbonyl (C=O) groups is 3. The summed E-state index contributed by atoms with van der Waals surface area (Å²) in [6, 6.07) is 6.33. The molecule has 204 valence electrons. The van der Waals surface area contributed by atoms with Gasteiger partial charge in [-0.15, -0.1) is 23.2 Å². The highest BCUT2D eigenvalue weighted by atomic mass is 35.5. The Labute approximate surface area is 235 Å². The van der Waals surface area contributed by atoms with Gasteiger partial charge in [0.2, 0.25) is 11.8 Å². The van der Waals surface area contributed by atoms with Crippen LogP contribution in [0.5, 0.6) is 5.75 Å². The number of alkyl halides is 2. The number of ether oxygens (including phenoxy) is 1. The maximum atomic E-state index is 13.6. The number of nitrogens with one attached hydrogen (secondary N) is 1. The summed E-state index contributed by atoms with van der Waals surface area (Å²) in [7, 11) is 0. The third-order valence-electron chi connectivity index (χ3n) is 7.87. The number of Topliss-reactive ketones (excluding diaryl/α,β-unsaturated/α-hetero) is 1. The van der Waals surface area contributed by atoms with Crippen LogP contribution in [0.25, 0.3) is 10.9 Å². The molecule has 12 heteroatoms. The zero-order valence-electron chi connectivity index (χ0n) is 21.5. The van der Waals surface area contributed by atoms with Crippen molar-refractivity contribution in [3.63, 3.8) is 0 Å². The minimum absolute atomic E-state index is 0.000553. The number of piperidine rings is 1. The highest BCUT2D eigenvalue weighted by molar-refractivity contribution is 6.51. The van der Waals surface area contributed by atoms with Crippen molar-refractivity contribution in [2.45, 2.75) is 68.7 Å². The van der Waals surface area contributed by atoms with Crippen LogP contribution in [-0.4, -0.2) is 64.7 Å². The van der Waals surface area contributed by atoms with Crippen LogP contribution >= 0.6 is 23.2 Å². The molecule has 1 N–H and O–H groups in total. The van der Waals surface area contributed by atoms with Gasteiger partial charge in [-0.2, -0.15) is 5.10 Å². The summed E-state index contributed by atoms with van der Waals surface area (Å²) in [5.74, 6) is 0.782. The Bertz CT molecular complexity index is 1460. The topological polar surface area (TPSA) is 119 Å². The minimum Gasteiger partial charge on any atom is -0.486 e. The maximum Gasteiger partial charge on any atom is 0.245 e. The second-order valence-corrected chi connectivity index (χ2v) is 12.2. The number of aromatic nitrogens is 4. The molecular weight excluding hydrogens is 543 g/mol. The van der Waals surface area contributed by atoms with Crippen LogP contribution in [0.15, 0.2) is 36.7 Å². The van der Waals surface area contributed by atoms with Crippen LogP contribution in [0.2, 0.25) is 0 Å². The number of ketones is 1. The predicted octanol–water partition coefficient (Wildman–Crippen LogP) is 3.30. The molecular formula is C27H28Cl2N6O4. The van der Waals surface area contributed by atoms with E-state index in [9.17, 15) is 14.4 Å². The fourth-order valence-corrected chi connectivity index (χ4v) is 6.35. The van der Waals surface area contributed by atoms with E-state index >= 15 is 0 Å². The van der Waals surface area contributed by atoms with E-state index < -0.39 is 10.4 Å². The number of hydrogen-bond donors (Lipinski definition) is 1. The number of halogens is 2. The standard InChI is InChI=1S/C27H28Cl2N6O4/c1-14(19-11-27(19,28)29)32-26(38)22-9-16-8-21(16)35(22)24(37)12-34-20-5-4-17(10-18(20)25(33-34)15(2)36)39-13-23-30-6-3-7-31-23/h3-7,10,14,16,19,21-22H,8-9,11-13H2,1-2H3,(H,32,38)/t14?,16?,19?,21-,22+/m1/s1. The van der Waals surface area contributed by atoms with Gasteiger partial charge in [0.25, 0.3) is 0 Å². The molecule has 2 aromatic heterocycles. The number of benzene rings is 1. The van der Waals surface area contributed by atoms with Crippen molar-refractivity contribution in [2.24, 2.45) is 11.8 Å². The van der Waals surface area contributed by atoms with E-state index in [0.717, 1.165) is 6.42 Å². The molecule has 2 amide bonds. The van der Waals surface area contributed by atoms with Crippen molar-refractivity contribution in [2.75, 3.05) is 0 Å². The van der Waals surface area contributed by atoms with Crippen LogP contribution in [0, 0.1) is 11.8 Å². The van der Waals surface area contributed by atoms with Gasteiger partial charge in [-0.05, 0) is 56.4 Å². The molecule has 3 fully saturated rings. The largest absolute Gasteiger partial charge is 0.486 e. The molecule has 1 saturated heterocycles. The van der Waals surface area contributed by atoms with Gasteiger partial charge < -0.3 is 15.0 Å². The molecule has 1 aliphatic heterocycles. The van der Waals surface area contributed by atoms with Gasteiger partial charge in [-0.25, -0.2) is 9.97 Å². The molecule has 3 aliphatic rings. The highest BCUT2D eigenvalue weighted by Gasteiger charge is 2.58. The number of nitrogens with zero attached hydrogens (tertiary/aromatic N) is 5. The first kappa shape index (κ1) is 26.0. The van der Waals surface area contributed by atoms with Gasteiger partial charge in [-0.3, -0.25) is 19.1 Å². The minimum atomic E-state index is -0.796. The quantitative estimate of drug-likeness (QED) is 0.309. The van der Waals surface area contributed by atoms with Gasteiger partial charge in [0.15, 0.2) is 11.6 Å². The number of amides is 2. The highest BCUT2D eigenvalue weighted by Crippen LogP contribution is 2.55. The van der Waals surface area contributed by atoms with E-state index in [0.29, 0.717) is 41.2 Å². The first-order valence-corrected chi connectivity index (χ1v) is 13.8. The Kier molecular flexibility index (Phi) is 6.50. The van der Waals surface area contributed by atoms with Crippen LogP contribution in [0.4, 0.5) is 0 Å². The van der Waals surface area contributed by atoms with Crippen molar-refractivity contribution in [3.8, 4) is 5.75 Å². The molecule has 0 radical (unpaired) electrons. The van der Waals surface area contributed by atoms with Crippen molar-refractivity contribution < 1.29 is 19.1 Å². The third-order valence-corrected chi connectivity index (χ3v) is 8.74. The van der Waals surface area contributed by atoms with Crippen LogP contribution in [0.1, 0.15) is 49.4 Å². The Hall–Kier alpha value is -3.24. The molecule has 3 heterocycles. The summed E-state index contributed by atoms with van der Waals surface area (Å²) in [5.41, 5.74) is 0.885. The lowest BCUT2D eigenvalue weighted by molar-refractivity contribution is -0.140. The molecule has 5 atom stereocenters. The predicted molar refractivity (Wildman–Crippen MR) is 143 cm³/mol. The Morgan fingerprint density at radius 2 is 1.95 bits per heavy atom. The molecule has 2 aliphatic carbocycles. The van der Waals surface area contributed by atoms with Gasteiger partial charge in [0.1, 0.15) is 35.0 Å². The fraction of sp³-hybridized carbons (Fsp3) is 0.481. The molecule has 39 heavy (non-hydrogen) atoms. The summed E-state index contributed by atoms with van der Waals surface area (Å²) in [6.45, 7) is 3.41. The van der Waals surface area contributed by atoms with Gasteiger partial charge >= 0.3 is 0 Å². The molecule has 2 saturated carbocycles. The number of rotatable bonds is 9. The summed E-state index contributed by atoms with van der Waals surface area (Å²) in [6.07, 6.45) is 5.44. The first-order chi connectivity index (χ1) is 18.6. The third kappa shape index (κ3) is 5.07. The number of likely N-dealkylation sites (tertiary alicyclic amines) is 1. The van der Waals surface area contributed by atoms with Crippen LogP contribution in [0.3, 0.4) is 0 Å². The molecule has 0 bridgehead atoms. The van der Waals surface area contributed by atoms with E-state index in [1.165, 1.54) is 11.6 Å². The summed E-state index contributed by atoms with van der Waals surface area (Å²) in [5, 5.41) is 8.08. The lowest BCUT2D eigenvalue weighted by atomic mass is 10.1. The van der Waals surface area contributed by atoms with Crippen LogP contribution < -0.4 is 10.1 Å². The SMILES string of the molecule is CC(=O)c1nn(CC(=O)N2[C@@H]3CC3C[C@H]2C(=O)NC(C)C2CC2(Cl)Cl)c2ccc(OCc3ncccn3)cc12. The fourth-order valence-electron chi connectivity index (χ4n) is 5.64. The smallest absolute Gasteiger partial charge is 0.245 e. The van der Waals surface area contributed by atoms with Crippen molar-refractivity contribution >= 4 is 51.7 Å². The molecule has 0 spiro atoms. The van der Waals surface area contributed by atoms with E-state index in [2.05, 4.69) is 20.4 Å². The average molecular weight is 571 g/mol. The summed E-state index contributed by atoms with van der Waals surface area (Å²) < 4.78 is 6.56. The average Bonchev–Trinajstić information content (AvgIpc) is 3.72. The van der Waals surface area contributed by atoms with Crippen molar-refractivity contribution in [1.29, 1.82) is 0 Å². The second kappa shape index (κ2) is 9.75. The van der Waals surface area contributed by atoms with E-state index in [-0.39, 0.29) is 54.4 Å². The van der Waals surface area contributed by atoms with Gasteiger partial charge in [0.05, 0.1) is 5.52 Å². The zero-order valence-corrected chi connectivity index (χ0v) is 23.0. The Morgan fingerprint density at radius 3 is 2.64 bits per heavy atom. The lowest BCUT2D eigenvalue weighted by Gasteiger charge is -2.28. The van der Waals surface area contributed by atoms with Crippen molar-refractivity contribution in [1.82, 2.24) is 30.0 Å². The first-order valence-electron chi connectivity index (χ1n) is 13.0. The van der Waals surface area contributed by atoms with Crippen LogP contribution in [-0.2, 0) is 22.7 Å². The molecule has 3 aromatic rings. The van der Waals surface area contributed by atoms with E-state index in [4.69, 9.17) is 27.9 Å². The maximum absolute atomic E-state index is 13.6.